The zero-order chi connectivity index (χ0) is 22.2. The summed E-state index contributed by atoms with van der Waals surface area (Å²) < 4.78 is 53.4. The molecule has 2 heterocycles. The topological polar surface area (TPSA) is 84.3 Å². The van der Waals surface area contributed by atoms with Crippen molar-refractivity contribution in [1.29, 1.82) is 0 Å². The van der Waals surface area contributed by atoms with E-state index in [4.69, 9.17) is 0 Å². The lowest BCUT2D eigenvalue weighted by Crippen LogP contribution is -2.49. The van der Waals surface area contributed by atoms with Gasteiger partial charge in [0.2, 0.25) is 15.9 Å². The highest BCUT2D eigenvalue weighted by Crippen LogP contribution is 2.30. The minimum absolute atomic E-state index is 0.129. The van der Waals surface area contributed by atoms with Gasteiger partial charge in [-0.05, 0) is 49.2 Å². The van der Waals surface area contributed by atoms with Crippen LogP contribution in [0.3, 0.4) is 0 Å². The number of carbonyl (C=O) groups excluding carboxylic acids is 1. The second-order valence-electron chi connectivity index (χ2n) is 7.52. The number of imidazole rings is 1. The predicted molar refractivity (Wildman–Crippen MR) is 114 cm³/mol. The van der Waals surface area contributed by atoms with Gasteiger partial charge < -0.3 is 5.32 Å². The molecule has 0 radical (unpaired) electrons. The van der Waals surface area contributed by atoms with Crippen LogP contribution in [0.2, 0.25) is 0 Å². The van der Waals surface area contributed by atoms with Crippen molar-refractivity contribution in [3.63, 3.8) is 0 Å². The van der Waals surface area contributed by atoms with Gasteiger partial charge in [-0.2, -0.15) is 13.1 Å². The molecule has 10 heteroatoms. The lowest BCUT2D eigenvalue weighted by atomic mass is 10.0. The predicted octanol–water partition coefficient (Wildman–Crippen LogP) is 3.85. The van der Waals surface area contributed by atoms with Gasteiger partial charge in [0.25, 0.3) is 0 Å². The molecule has 4 rings (SSSR count). The van der Waals surface area contributed by atoms with Crippen LogP contribution in [0, 0.1) is 0 Å². The number of amides is 1. The van der Waals surface area contributed by atoms with E-state index >= 15 is 0 Å². The Bertz CT molecular complexity index is 1210. The third-order valence-electron chi connectivity index (χ3n) is 5.38. The van der Waals surface area contributed by atoms with Crippen molar-refractivity contribution in [2.45, 2.75) is 31.9 Å². The van der Waals surface area contributed by atoms with Crippen molar-refractivity contribution in [3.8, 4) is 11.4 Å². The average Bonchev–Trinajstić information content (AvgIpc) is 3.13. The van der Waals surface area contributed by atoms with Crippen LogP contribution in [0.15, 0.2) is 48.5 Å². The van der Waals surface area contributed by atoms with Gasteiger partial charge in [-0.15, -0.1) is 0 Å². The molecule has 0 spiro atoms. The smallest absolute Gasteiger partial charge is 0.320 e. The van der Waals surface area contributed by atoms with Crippen molar-refractivity contribution in [2.24, 2.45) is 0 Å². The normalized spacial score (nSPS) is 17.9. The second-order valence-corrected chi connectivity index (χ2v) is 9.46. The maximum absolute atomic E-state index is 13.7. The summed E-state index contributed by atoms with van der Waals surface area (Å²) in [5, 5.41) is 2.74. The van der Waals surface area contributed by atoms with Crippen LogP contribution in [-0.4, -0.2) is 47.0 Å². The van der Waals surface area contributed by atoms with Gasteiger partial charge >= 0.3 is 6.55 Å². The van der Waals surface area contributed by atoms with E-state index in [1.54, 1.807) is 48.5 Å². The Kier molecular flexibility index (Phi) is 5.76. The number of fused-ring (bicyclic) bond motifs is 1. The summed E-state index contributed by atoms with van der Waals surface area (Å²) in [6.45, 7) is -2.44. The van der Waals surface area contributed by atoms with Crippen LogP contribution >= 0.6 is 0 Å². The minimum atomic E-state index is -3.49. The number of halogens is 2. The van der Waals surface area contributed by atoms with Crippen LogP contribution < -0.4 is 5.32 Å². The Morgan fingerprint density at radius 1 is 1.13 bits per heavy atom. The van der Waals surface area contributed by atoms with Crippen molar-refractivity contribution >= 4 is 32.7 Å². The number of sulfonamides is 1. The Morgan fingerprint density at radius 3 is 2.52 bits per heavy atom. The summed E-state index contributed by atoms with van der Waals surface area (Å²) in [5.74, 6) is -0.276. The molecule has 1 aromatic heterocycles. The molecule has 1 fully saturated rings. The number of hydrogen-bond donors (Lipinski definition) is 1. The molecule has 1 atom stereocenters. The highest BCUT2D eigenvalue weighted by Gasteiger charge is 2.34. The van der Waals surface area contributed by atoms with Crippen LogP contribution in [-0.2, 0) is 14.8 Å². The summed E-state index contributed by atoms with van der Waals surface area (Å²) in [6.07, 6.45) is 3.04. The number of nitrogens with one attached hydrogen (secondary N) is 1. The van der Waals surface area contributed by atoms with Crippen LogP contribution in [0.4, 0.5) is 14.5 Å². The highest BCUT2D eigenvalue weighted by atomic mass is 32.2. The second kappa shape index (κ2) is 8.35. The first-order chi connectivity index (χ1) is 14.8. The van der Waals surface area contributed by atoms with Gasteiger partial charge in [0.05, 0.1) is 17.3 Å². The molecule has 0 unspecified atom stereocenters. The number of nitrogens with zero attached hydrogens (tertiary/aromatic N) is 3. The lowest BCUT2D eigenvalue weighted by molar-refractivity contribution is -0.120. The quantitative estimate of drug-likeness (QED) is 0.643. The number of alkyl halides is 2. The number of anilines is 1. The maximum atomic E-state index is 13.7. The molecule has 31 heavy (non-hydrogen) atoms. The van der Waals surface area contributed by atoms with E-state index in [1.807, 2.05) is 0 Å². The van der Waals surface area contributed by atoms with Gasteiger partial charge in [-0.1, -0.05) is 18.6 Å². The molecule has 7 nitrogen and oxygen atoms in total. The molecule has 1 amide bonds. The van der Waals surface area contributed by atoms with Gasteiger partial charge in [-0.25, -0.2) is 13.4 Å². The third-order valence-corrected chi connectivity index (χ3v) is 6.67. The first-order valence-corrected chi connectivity index (χ1v) is 11.7. The molecular formula is C21H22F2N4O3S. The Balaban J connectivity index is 1.57. The van der Waals surface area contributed by atoms with Crippen LogP contribution in [0.5, 0.6) is 0 Å². The number of aromatic nitrogens is 2. The molecule has 1 aliphatic rings. The number of carbonyl (C=O) groups is 1. The summed E-state index contributed by atoms with van der Waals surface area (Å²) >= 11 is 0. The summed E-state index contributed by atoms with van der Waals surface area (Å²) in [4.78, 5) is 17.0. The first kappa shape index (κ1) is 21.4. The first-order valence-electron chi connectivity index (χ1n) is 9.89. The van der Waals surface area contributed by atoms with E-state index < -0.39 is 28.5 Å². The number of benzene rings is 2. The number of para-hydroxylation sites is 2. The van der Waals surface area contributed by atoms with Crippen molar-refractivity contribution < 1.29 is 22.0 Å². The van der Waals surface area contributed by atoms with Crippen LogP contribution in [0.1, 0.15) is 25.8 Å². The fraction of sp³-hybridized carbons (Fsp3) is 0.333. The molecule has 0 saturated carbocycles. The molecule has 3 aromatic rings. The highest BCUT2D eigenvalue weighted by molar-refractivity contribution is 7.88. The molecule has 1 aliphatic heterocycles. The standard InChI is InChI=1S/C21H22F2N4O3S/c1-31(29,30)26-13-5-4-8-18(26)20(28)24-15-11-9-14(10-12-15)19-25-16-6-2-3-7-17(16)27(19)21(22)23/h2-3,6-7,9-12,18,21H,4-5,8,13H2,1H3,(H,24,28)/t18-/m0/s1. The molecular weight excluding hydrogens is 426 g/mol. The van der Waals surface area contributed by atoms with E-state index in [1.165, 1.54) is 4.31 Å². The molecule has 164 valence electrons. The van der Waals surface area contributed by atoms with Gasteiger partial charge in [0, 0.05) is 17.8 Å². The number of rotatable bonds is 5. The molecule has 1 saturated heterocycles. The Hall–Kier alpha value is -2.85. The number of piperidine rings is 1. The van der Waals surface area contributed by atoms with E-state index in [9.17, 15) is 22.0 Å². The Morgan fingerprint density at radius 2 is 1.84 bits per heavy atom. The summed E-state index contributed by atoms with van der Waals surface area (Å²) in [6, 6.07) is 12.3. The fourth-order valence-corrected chi connectivity index (χ4v) is 5.06. The van der Waals surface area contributed by atoms with Crippen molar-refractivity contribution in [3.05, 3.63) is 48.5 Å². The van der Waals surface area contributed by atoms with Crippen molar-refractivity contribution in [1.82, 2.24) is 13.9 Å². The van der Waals surface area contributed by atoms with E-state index in [0.29, 0.717) is 35.2 Å². The minimum Gasteiger partial charge on any atom is -0.325 e. The average molecular weight is 448 g/mol. The largest absolute Gasteiger partial charge is 0.325 e. The zero-order valence-corrected chi connectivity index (χ0v) is 17.6. The monoisotopic (exact) mass is 448 g/mol. The summed E-state index contributed by atoms with van der Waals surface area (Å²) in [5.41, 5.74) is 1.73. The molecule has 1 N–H and O–H groups in total. The Labute approximate surface area is 178 Å². The fourth-order valence-electron chi connectivity index (χ4n) is 3.94. The van der Waals surface area contributed by atoms with E-state index in [-0.39, 0.29) is 5.82 Å². The number of hydrogen-bond acceptors (Lipinski definition) is 4. The zero-order valence-electron chi connectivity index (χ0n) is 16.8. The van der Waals surface area contributed by atoms with Gasteiger partial charge in [0.1, 0.15) is 11.9 Å². The summed E-state index contributed by atoms with van der Waals surface area (Å²) in [7, 11) is -3.49. The SMILES string of the molecule is CS(=O)(=O)N1CCCC[C@H]1C(=O)Nc1ccc(-c2nc3ccccc3n2C(F)F)cc1. The lowest BCUT2D eigenvalue weighted by Gasteiger charge is -2.32. The molecule has 0 aliphatic carbocycles. The van der Waals surface area contributed by atoms with E-state index in [0.717, 1.165) is 23.7 Å². The van der Waals surface area contributed by atoms with E-state index in [2.05, 4.69) is 10.3 Å². The third kappa shape index (κ3) is 4.31. The molecule has 0 bridgehead atoms. The van der Waals surface area contributed by atoms with Gasteiger partial charge in [0.15, 0.2) is 0 Å². The van der Waals surface area contributed by atoms with Crippen LogP contribution in [0.25, 0.3) is 22.4 Å². The maximum Gasteiger partial charge on any atom is 0.320 e. The molecule has 2 aromatic carbocycles. The van der Waals surface area contributed by atoms with Gasteiger partial charge in [-0.3, -0.25) is 9.36 Å². The van der Waals surface area contributed by atoms with Crippen molar-refractivity contribution in [2.75, 3.05) is 18.1 Å².